The predicted molar refractivity (Wildman–Crippen MR) is 92.6 cm³/mol. The van der Waals surface area contributed by atoms with E-state index >= 15 is 0 Å². The summed E-state index contributed by atoms with van der Waals surface area (Å²) in [5.41, 5.74) is -2.97. The fourth-order valence-electron chi connectivity index (χ4n) is 2.40. The van der Waals surface area contributed by atoms with Gasteiger partial charge in [-0.05, 0) is 30.7 Å². The lowest BCUT2D eigenvalue weighted by Gasteiger charge is -2.30. The number of aromatic amines is 1. The number of aromatic nitrogens is 1. The van der Waals surface area contributed by atoms with Crippen LogP contribution in [0.25, 0.3) is 0 Å². The number of ether oxygens (including phenoxy) is 2. The summed E-state index contributed by atoms with van der Waals surface area (Å²) in [5, 5.41) is 3.75. The average molecular weight is 398 g/mol. The predicted octanol–water partition coefficient (Wildman–Crippen LogP) is 2.09. The number of nitrogens with one attached hydrogen (secondary N) is 3. The van der Waals surface area contributed by atoms with Gasteiger partial charge in [-0.3, -0.25) is 10.1 Å². The van der Waals surface area contributed by atoms with Crippen LogP contribution in [0, 0.1) is 6.92 Å². The molecule has 1 atom stereocenters. The Labute approximate surface area is 158 Å². The van der Waals surface area contributed by atoms with E-state index in [0.717, 1.165) is 12.7 Å². The molecule has 2 aromatic rings. The number of anilines is 1. The number of benzene rings is 1. The van der Waals surface area contributed by atoms with Crippen molar-refractivity contribution in [3.63, 3.8) is 0 Å². The number of alkyl halides is 3. The SMILES string of the molecule is COC(=O)[C@](NC(=O)c1ccccc1OC)(Nc1ccc(C)c[nH+]1)C(F)(F)F. The molecule has 28 heavy (non-hydrogen) atoms. The molecule has 0 aliphatic carbocycles. The molecule has 1 amide bonds. The van der Waals surface area contributed by atoms with Crippen LogP contribution in [0.15, 0.2) is 42.6 Å². The summed E-state index contributed by atoms with van der Waals surface area (Å²) < 4.78 is 51.4. The molecule has 0 saturated heterocycles. The molecule has 1 aromatic heterocycles. The van der Waals surface area contributed by atoms with Gasteiger partial charge in [-0.25, -0.2) is 15.1 Å². The third-order valence-corrected chi connectivity index (χ3v) is 3.86. The maximum Gasteiger partial charge on any atom is 0.464 e. The van der Waals surface area contributed by atoms with Crippen molar-refractivity contribution >= 4 is 17.7 Å². The highest BCUT2D eigenvalue weighted by atomic mass is 19.4. The van der Waals surface area contributed by atoms with Gasteiger partial charge in [-0.15, -0.1) is 0 Å². The monoisotopic (exact) mass is 398 g/mol. The highest BCUT2D eigenvalue weighted by Crippen LogP contribution is 2.33. The van der Waals surface area contributed by atoms with Gasteiger partial charge in [0.2, 0.25) is 0 Å². The zero-order valence-corrected chi connectivity index (χ0v) is 15.3. The maximum absolute atomic E-state index is 14.0. The van der Waals surface area contributed by atoms with Crippen molar-refractivity contribution in [1.29, 1.82) is 0 Å². The minimum absolute atomic E-state index is 0.0443. The molecule has 0 bridgehead atoms. The average Bonchev–Trinajstić information content (AvgIpc) is 2.67. The minimum atomic E-state index is -5.24. The van der Waals surface area contributed by atoms with Crippen molar-refractivity contribution in [2.24, 2.45) is 0 Å². The van der Waals surface area contributed by atoms with E-state index in [2.05, 4.69) is 9.72 Å². The Morgan fingerprint density at radius 2 is 1.75 bits per heavy atom. The number of pyridine rings is 1. The molecule has 10 heteroatoms. The largest absolute Gasteiger partial charge is 0.496 e. The van der Waals surface area contributed by atoms with Crippen molar-refractivity contribution in [3.05, 3.63) is 53.7 Å². The Hall–Kier alpha value is -3.30. The van der Waals surface area contributed by atoms with Crippen molar-refractivity contribution in [2.75, 3.05) is 19.5 Å². The van der Waals surface area contributed by atoms with Gasteiger partial charge in [0, 0.05) is 6.07 Å². The number of hydrogen-bond donors (Lipinski definition) is 2. The second kappa shape index (κ2) is 8.15. The zero-order chi connectivity index (χ0) is 20.9. The molecule has 0 saturated carbocycles. The second-order valence-electron chi connectivity index (χ2n) is 5.80. The first-order chi connectivity index (χ1) is 13.1. The normalized spacial score (nSPS) is 13.2. The summed E-state index contributed by atoms with van der Waals surface area (Å²) in [6.07, 6.45) is -3.81. The second-order valence-corrected chi connectivity index (χ2v) is 5.80. The lowest BCUT2D eigenvalue weighted by atomic mass is 10.1. The van der Waals surface area contributed by atoms with Gasteiger partial charge in [0.1, 0.15) is 5.75 Å². The highest BCUT2D eigenvalue weighted by Gasteiger charge is 2.67. The van der Waals surface area contributed by atoms with Gasteiger partial charge in [0.05, 0.1) is 26.0 Å². The lowest BCUT2D eigenvalue weighted by molar-refractivity contribution is -0.363. The maximum atomic E-state index is 14.0. The Morgan fingerprint density at radius 3 is 2.29 bits per heavy atom. The summed E-state index contributed by atoms with van der Waals surface area (Å²) in [4.78, 5) is 27.4. The van der Waals surface area contributed by atoms with Gasteiger partial charge in [0.15, 0.2) is 0 Å². The van der Waals surface area contributed by atoms with Crippen LogP contribution < -0.4 is 20.4 Å². The molecule has 2 rings (SSSR count). The number of halogens is 3. The van der Waals surface area contributed by atoms with Crippen LogP contribution in [0.2, 0.25) is 0 Å². The van der Waals surface area contributed by atoms with E-state index < -0.39 is 23.7 Å². The van der Waals surface area contributed by atoms with E-state index in [9.17, 15) is 22.8 Å². The van der Waals surface area contributed by atoms with E-state index in [-0.39, 0.29) is 17.1 Å². The number of aryl methyl sites for hydroxylation is 1. The molecule has 7 nitrogen and oxygen atoms in total. The van der Waals surface area contributed by atoms with Crippen LogP contribution in [-0.4, -0.2) is 37.9 Å². The number of rotatable bonds is 6. The first kappa shape index (κ1) is 21.0. The van der Waals surface area contributed by atoms with E-state index in [1.165, 1.54) is 43.6 Å². The van der Waals surface area contributed by atoms with Crippen LogP contribution in [0.5, 0.6) is 5.75 Å². The Bertz CT molecular complexity index is 856. The third-order valence-electron chi connectivity index (χ3n) is 3.86. The molecule has 0 aliphatic heterocycles. The highest BCUT2D eigenvalue weighted by molar-refractivity contribution is 6.01. The van der Waals surface area contributed by atoms with Crippen LogP contribution >= 0.6 is 0 Å². The topological polar surface area (TPSA) is 90.8 Å². The van der Waals surface area contributed by atoms with Crippen molar-refractivity contribution in [3.8, 4) is 5.75 Å². The van der Waals surface area contributed by atoms with Crippen molar-refractivity contribution in [2.45, 2.75) is 18.8 Å². The molecule has 1 aromatic carbocycles. The molecule has 0 radical (unpaired) electrons. The number of para-hydroxylation sites is 1. The molecule has 150 valence electrons. The third kappa shape index (κ3) is 4.16. The smallest absolute Gasteiger partial charge is 0.464 e. The van der Waals surface area contributed by atoms with Gasteiger partial charge in [0.25, 0.3) is 11.7 Å². The van der Waals surface area contributed by atoms with Crippen LogP contribution in [0.3, 0.4) is 0 Å². The Balaban J connectivity index is 2.51. The summed E-state index contributed by atoms with van der Waals surface area (Å²) in [5.74, 6) is -3.03. The number of carbonyl (C=O) groups excluding carboxylic acids is 2. The van der Waals surface area contributed by atoms with Gasteiger partial charge < -0.3 is 9.47 Å². The first-order valence-corrected chi connectivity index (χ1v) is 8.02. The van der Waals surface area contributed by atoms with Crippen LogP contribution in [0.1, 0.15) is 15.9 Å². The summed E-state index contributed by atoms with van der Waals surface area (Å²) in [7, 11) is 2.06. The fraction of sp³-hybridized carbons (Fsp3) is 0.278. The number of H-pyrrole nitrogens is 1. The molecule has 3 N–H and O–H groups in total. The minimum Gasteiger partial charge on any atom is -0.496 e. The molecule has 1 heterocycles. The number of hydrogen-bond acceptors (Lipinski definition) is 5. The molecule has 0 unspecified atom stereocenters. The van der Waals surface area contributed by atoms with Gasteiger partial charge in [-0.1, -0.05) is 12.1 Å². The summed E-state index contributed by atoms with van der Waals surface area (Å²) >= 11 is 0. The standard InChI is InChI=1S/C18H18F3N3O4/c1-11-8-9-14(22-10-11)23-17(16(26)28-3,18(19,20)21)24-15(25)12-6-4-5-7-13(12)27-2/h4-10H,1-3H3,(H,22,23)(H,24,25)/p+1/t17-/m1/s1. The van der Waals surface area contributed by atoms with Crippen LogP contribution in [0.4, 0.5) is 19.0 Å². The number of carbonyl (C=O) groups is 2. The molecule has 0 aliphatic rings. The van der Waals surface area contributed by atoms with Gasteiger partial charge >= 0.3 is 17.8 Å². The molecular formula is C18H19F3N3O4+. The summed E-state index contributed by atoms with van der Waals surface area (Å²) in [6.45, 7) is 1.72. The van der Waals surface area contributed by atoms with E-state index in [0.29, 0.717) is 0 Å². The van der Waals surface area contributed by atoms with Crippen molar-refractivity contribution < 1.29 is 37.2 Å². The van der Waals surface area contributed by atoms with Crippen LogP contribution in [-0.2, 0) is 9.53 Å². The van der Waals surface area contributed by atoms with E-state index in [4.69, 9.17) is 4.74 Å². The lowest BCUT2D eigenvalue weighted by Crippen LogP contribution is -2.69. The number of esters is 1. The number of amides is 1. The molecular weight excluding hydrogens is 379 g/mol. The fourth-order valence-corrected chi connectivity index (χ4v) is 2.40. The quantitative estimate of drug-likeness (QED) is 0.575. The molecule has 0 fully saturated rings. The molecule has 0 spiro atoms. The first-order valence-electron chi connectivity index (χ1n) is 8.02. The van der Waals surface area contributed by atoms with Crippen molar-refractivity contribution in [1.82, 2.24) is 5.32 Å². The van der Waals surface area contributed by atoms with E-state index in [1.54, 1.807) is 18.3 Å². The summed E-state index contributed by atoms with van der Waals surface area (Å²) in [6, 6.07) is 8.50. The Morgan fingerprint density at radius 1 is 1.07 bits per heavy atom. The Kier molecular flexibility index (Phi) is 6.12. The van der Waals surface area contributed by atoms with E-state index in [1.807, 2.05) is 5.32 Å². The van der Waals surface area contributed by atoms with Gasteiger partial charge in [-0.2, -0.15) is 13.2 Å². The zero-order valence-electron chi connectivity index (χ0n) is 15.3. The number of methoxy groups -OCH3 is 2.